The number of hydrogen-bond donors (Lipinski definition) is 1. The fourth-order valence-corrected chi connectivity index (χ4v) is 2.09. The van der Waals surface area contributed by atoms with Gasteiger partial charge in [-0.1, -0.05) is 15.9 Å². The second kappa shape index (κ2) is 5.97. The average molecular weight is 326 g/mol. The SMILES string of the molecule is CCNc1ncnc(-c2cc(Br)ccc2F)c1OC. The summed E-state index contributed by atoms with van der Waals surface area (Å²) in [6.45, 7) is 2.63. The van der Waals surface area contributed by atoms with Crippen LogP contribution in [0.1, 0.15) is 6.92 Å². The first-order chi connectivity index (χ1) is 9.17. The number of rotatable bonds is 4. The molecule has 1 aromatic carbocycles. The minimum Gasteiger partial charge on any atom is -0.491 e. The Labute approximate surface area is 119 Å². The third-order valence-electron chi connectivity index (χ3n) is 2.54. The maximum atomic E-state index is 13.9. The maximum absolute atomic E-state index is 13.9. The molecule has 0 aliphatic carbocycles. The summed E-state index contributed by atoms with van der Waals surface area (Å²) in [5.74, 6) is 0.623. The molecule has 0 unspecified atom stereocenters. The van der Waals surface area contributed by atoms with Gasteiger partial charge < -0.3 is 10.1 Å². The highest BCUT2D eigenvalue weighted by molar-refractivity contribution is 9.10. The molecule has 100 valence electrons. The lowest BCUT2D eigenvalue weighted by Gasteiger charge is -2.12. The van der Waals surface area contributed by atoms with E-state index in [2.05, 4.69) is 31.2 Å². The van der Waals surface area contributed by atoms with E-state index < -0.39 is 0 Å². The van der Waals surface area contributed by atoms with Gasteiger partial charge in [-0.3, -0.25) is 0 Å². The Morgan fingerprint density at radius 1 is 1.37 bits per heavy atom. The van der Waals surface area contributed by atoms with Crippen molar-refractivity contribution in [3.05, 3.63) is 34.8 Å². The molecule has 0 saturated carbocycles. The Balaban J connectivity index is 2.61. The smallest absolute Gasteiger partial charge is 0.187 e. The van der Waals surface area contributed by atoms with Gasteiger partial charge in [-0.05, 0) is 25.1 Å². The Morgan fingerprint density at radius 3 is 2.84 bits per heavy atom. The molecular weight excluding hydrogens is 313 g/mol. The van der Waals surface area contributed by atoms with E-state index >= 15 is 0 Å². The van der Waals surface area contributed by atoms with E-state index in [1.165, 1.54) is 19.5 Å². The highest BCUT2D eigenvalue weighted by Gasteiger charge is 2.16. The van der Waals surface area contributed by atoms with E-state index in [9.17, 15) is 4.39 Å². The molecule has 0 atom stereocenters. The van der Waals surface area contributed by atoms with E-state index in [4.69, 9.17) is 4.74 Å². The van der Waals surface area contributed by atoms with Gasteiger partial charge in [0.25, 0.3) is 0 Å². The van der Waals surface area contributed by atoms with Crippen LogP contribution in [-0.2, 0) is 0 Å². The van der Waals surface area contributed by atoms with Crippen molar-refractivity contribution in [1.82, 2.24) is 9.97 Å². The lowest BCUT2D eigenvalue weighted by Crippen LogP contribution is -2.04. The molecule has 0 saturated heterocycles. The number of benzene rings is 1. The Hall–Kier alpha value is -1.69. The maximum Gasteiger partial charge on any atom is 0.187 e. The third-order valence-corrected chi connectivity index (χ3v) is 3.03. The van der Waals surface area contributed by atoms with Crippen molar-refractivity contribution in [3.63, 3.8) is 0 Å². The zero-order valence-corrected chi connectivity index (χ0v) is 12.2. The summed E-state index contributed by atoms with van der Waals surface area (Å²) in [7, 11) is 1.51. The molecule has 1 N–H and O–H groups in total. The van der Waals surface area contributed by atoms with Gasteiger partial charge in [0, 0.05) is 16.6 Å². The van der Waals surface area contributed by atoms with Crippen LogP contribution in [0.15, 0.2) is 29.0 Å². The van der Waals surface area contributed by atoms with Gasteiger partial charge in [-0.15, -0.1) is 0 Å². The lowest BCUT2D eigenvalue weighted by atomic mass is 10.1. The van der Waals surface area contributed by atoms with Gasteiger partial charge in [0.15, 0.2) is 11.6 Å². The molecular formula is C13H13BrFN3O. The summed E-state index contributed by atoms with van der Waals surface area (Å²) < 4.78 is 20.0. The van der Waals surface area contributed by atoms with E-state index in [1.807, 2.05) is 6.92 Å². The van der Waals surface area contributed by atoms with Crippen LogP contribution in [0, 0.1) is 5.82 Å². The molecule has 0 fully saturated rings. The predicted molar refractivity (Wildman–Crippen MR) is 75.8 cm³/mol. The highest BCUT2D eigenvalue weighted by Crippen LogP contribution is 2.35. The lowest BCUT2D eigenvalue weighted by molar-refractivity contribution is 0.414. The average Bonchev–Trinajstić information content (AvgIpc) is 2.41. The highest BCUT2D eigenvalue weighted by atomic mass is 79.9. The van der Waals surface area contributed by atoms with E-state index in [0.717, 1.165) is 4.47 Å². The molecule has 1 heterocycles. The van der Waals surface area contributed by atoms with Crippen molar-refractivity contribution in [3.8, 4) is 17.0 Å². The van der Waals surface area contributed by atoms with Gasteiger partial charge in [0.05, 0.1) is 7.11 Å². The second-order valence-electron chi connectivity index (χ2n) is 3.76. The summed E-state index contributed by atoms with van der Waals surface area (Å²) >= 11 is 3.32. The summed E-state index contributed by atoms with van der Waals surface area (Å²) in [4.78, 5) is 8.22. The summed E-state index contributed by atoms with van der Waals surface area (Å²) in [5.41, 5.74) is 0.792. The molecule has 2 aromatic rings. The van der Waals surface area contributed by atoms with Crippen LogP contribution in [0.3, 0.4) is 0 Å². The molecule has 0 aliphatic rings. The molecule has 1 aromatic heterocycles. The number of nitrogens with one attached hydrogen (secondary N) is 1. The minimum atomic E-state index is -0.359. The van der Waals surface area contributed by atoms with Gasteiger partial charge in [-0.25, -0.2) is 14.4 Å². The van der Waals surface area contributed by atoms with Crippen molar-refractivity contribution in [2.24, 2.45) is 0 Å². The van der Waals surface area contributed by atoms with Crippen molar-refractivity contribution in [2.45, 2.75) is 6.92 Å². The Kier molecular flexibility index (Phi) is 4.31. The van der Waals surface area contributed by atoms with Crippen LogP contribution >= 0.6 is 15.9 Å². The largest absolute Gasteiger partial charge is 0.491 e. The predicted octanol–water partition coefficient (Wildman–Crippen LogP) is 3.49. The van der Waals surface area contributed by atoms with Crippen LogP contribution in [0.5, 0.6) is 5.75 Å². The first-order valence-corrected chi connectivity index (χ1v) is 6.55. The molecule has 0 radical (unpaired) electrons. The van der Waals surface area contributed by atoms with E-state index in [0.29, 0.717) is 29.4 Å². The Bertz CT molecular complexity index is 592. The first kappa shape index (κ1) is 13.7. The second-order valence-corrected chi connectivity index (χ2v) is 4.67. The van der Waals surface area contributed by atoms with Crippen molar-refractivity contribution < 1.29 is 9.13 Å². The molecule has 0 amide bonds. The fraction of sp³-hybridized carbons (Fsp3) is 0.231. The van der Waals surface area contributed by atoms with Gasteiger partial charge in [0.1, 0.15) is 17.8 Å². The van der Waals surface area contributed by atoms with Crippen LogP contribution in [0.25, 0.3) is 11.3 Å². The first-order valence-electron chi connectivity index (χ1n) is 5.75. The fourth-order valence-electron chi connectivity index (χ4n) is 1.73. The number of anilines is 1. The van der Waals surface area contributed by atoms with Crippen LogP contribution < -0.4 is 10.1 Å². The standard InChI is InChI=1S/C13H13BrFN3O/c1-3-16-13-12(19-2)11(17-7-18-13)9-6-8(14)4-5-10(9)15/h4-7H,3H2,1-2H3,(H,16,17,18). The molecule has 0 spiro atoms. The number of aromatic nitrogens is 2. The van der Waals surface area contributed by atoms with Gasteiger partial charge in [0.2, 0.25) is 0 Å². The van der Waals surface area contributed by atoms with E-state index in [-0.39, 0.29) is 5.82 Å². The number of hydrogen-bond acceptors (Lipinski definition) is 4. The van der Waals surface area contributed by atoms with E-state index in [1.54, 1.807) is 12.1 Å². The Morgan fingerprint density at radius 2 is 2.16 bits per heavy atom. The molecule has 0 aliphatic heterocycles. The van der Waals surface area contributed by atoms with Crippen LogP contribution in [-0.4, -0.2) is 23.6 Å². The van der Waals surface area contributed by atoms with Gasteiger partial charge >= 0.3 is 0 Å². The summed E-state index contributed by atoms with van der Waals surface area (Å²) in [6.07, 6.45) is 1.39. The third kappa shape index (κ3) is 2.84. The minimum absolute atomic E-state index is 0.359. The van der Waals surface area contributed by atoms with Crippen molar-refractivity contribution >= 4 is 21.7 Å². The van der Waals surface area contributed by atoms with Crippen LogP contribution in [0.2, 0.25) is 0 Å². The topological polar surface area (TPSA) is 47.0 Å². The van der Waals surface area contributed by atoms with Gasteiger partial charge in [-0.2, -0.15) is 0 Å². The zero-order valence-electron chi connectivity index (χ0n) is 10.6. The number of ether oxygens (including phenoxy) is 1. The van der Waals surface area contributed by atoms with Crippen molar-refractivity contribution in [2.75, 3.05) is 19.0 Å². The van der Waals surface area contributed by atoms with Crippen molar-refractivity contribution in [1.29, 1.82) is 0 Å². The molecule has 4 nitrogen and oxygen atoms in total. The number of nitrogens with zero attached hydrogens (tertiary/aromatic N) is 2. The molecule has 19 heavy (non-hydrogen) atoms. The quantitative estimate of drug-likeness (QED) is 0.934. The zero-order chi connectivity index (χ0) is 13.8. The molecule has 0 bridgehead atoms. The molecule has 2 rings (SSSR count). The van der Waals surface area contributed by atoms with Crippen LogP contribution in [0.4, 0.5) is 10.2 Å². The number of halogens is 2. The summed E-state index contributed by atoms with van der Waals surface area (Å²) in [5, 5.41) is 3.06. The monoisotopic (exact) mass is 325 g/mol. The molecule has 6 heteroatoms. The number of methoxy groups -OCH3 is 1. The summed E-state index contributed by atoms with van der Waals surface area (Å²) in [6, 6.07) is 4.68. The normalized spacial score (nSPS) is 10.3.